The fourth-order valence-electron chi connectivity index (χ4n) is 2.10. The highest BCUT2D eigenvalue weighted by Gasteiger charge is 2.29. The molecule has 0 radical (unpaired) electrons. The maximum Gasteiger partial charge on any atom is 0.151 e. The van der Waals surface area contributed by atoms with Gasteiger partial charge in [-0.3, -0.25) is 0 Å². The van der Waals surface area contributed by atoms with Gasteiger partial charge >= 0.3 is 0 Å². The molecule has 1 aromatic carbocycles. The van der Waals surface area contributed by atoms with Gasteiger partial charge in [0, 0.05) is 18.8 Å². The Kier molecular flexibility index (Phi) is 2.95. The predicted molar refractivity (Wildman–Crippen MR) is 62.8 cm³/mol. The van der Waals surface area contributed by atoms with Crippen LogP contribution in [0.25, 0.3) is 0 Å². The zero-order chi connectivity index (χ0) is 12.6. The summed E-state index contributed by atoms with van der Waals surface area (Å²) >= 11 is 0. The summed E-state index contributed by atoms with van der Waals surface area (Å²) < 4.78 is 27.3. The van der Waals surface area contributed by atoms with Crippen molar-refractivity contribution in [2.75, 3.05) is 23.7 Å². The predicted octanol–water partition coefficient (Wildman–Crippen LogP) is 1.90. The van der Waals surface area contributed by atoms with E-state index in [1.807, 2.05) is 0 Å². The highest BCUT2D eigenvalue weighted by molar-refractivity contribution is 5.56. The summed E-state index contributed by atoms with van der Waals surface area (Å²) in [4.78, 5) is 1.61. The Balaban J connectivity index is 2.24. The monoisotopic (exact) mass is 242 g/mol. The molecule has 0 amide bonds. The van der Waals surface area contributed by atoms with Crippen molar-refractivity contribution in [1.29, 1.82) is 0 Å². The van der Waals surface area contributed by atoms with Gasteiger partial charge in [0.2, 0.25) is 0 Å². The van der Waals surface area contributed by atoms with Crippen molar-refractivity contribution in [2.45, 2.75) is 25.4 Å². The van der Waals surface area contributed by atoms with Gasteiger partial charge in [-0.25, -0.2) is 8.78 Å². The van der Waals surface area contributed by atoms with E-state index in [1.54, 1.807) is 11.8 Å². The second kappa shape index (κ2) is 4.14. The largest absolute Gasteiger partial charge is 0.399 e. The summed E-state index contributed by atoms with van der Waals surface area (Å²) in [6.45, 7) is 2.61. The highest BCUT2D eigenvalue weighted by Crippen LogP contribution is 2.30. The number of halogens is 2. The molecule has 1 saturated heterocycles. The Bertz CT molecular complexity index is 402. The van der Waals surface area contributed by atoms with Crippen LogP contribution in [0.5, 0.6) is 0 Å². The summed E-state index contributed by atoms with van der Waals surface area (Å²) in [5, 5.41) is 9.79. The van der Waals surface area contributed by atoms with Crippen molar-refractivity contribution in [3.05, 3.63) is 23.8 Å². The lowest BCUT2D eigenvalue weighted by atomic mass is 9.93. The molecule has 1 heterocycles. The van der Waals surface area contributed by atoms with E-state index in [4.69, 9.17) is 5.73 Å². The average Bonchev–Trinajstić information content (AvgIpc) is 2.19. The van der Waals surface area contributed by atoms with Crippen LogP contribution in [-0.2, 0) is 0 Å². The van der Waals surface area contributed by atoms with Crippen LogP contribution in [-0.4, -0.2) is 23.8 Å². The SMILES string of the molecule is CC1(O)CCN(c2c(F)cc(N)cc2F)CC1. The molecular weight excluding hydrogens is 226 g/mol. The molecule has 1 fully saturated rings. The number of piperidine rings is 1. The maximum atomic E-state index is 13.7. The molecular formula is C12H16F2N2O. The van der Waals surface area contributed by atoms with Crippen molar-refractivity contribution in [3.63, 3.8) is 0 Å². The molecule has 2 rings (SSSR count). The Hall–Kier alpha value is -1.36. The second-order valence-corrected chi connectivity index (χ2v) is 4.82. The van der Waals surface area contributed by atoms with E-state index < -0.39 is 17.2 Å². The summed E-state index contributed by atoms with van der Waals surface area (Å²) in [5.74, 6) is -1.30. The number of aliphatic hydroxyl groups is 1. The molecule has 1 aliphatic heterocycles. The summed E-state index contributed by atoms with van der Waals surface area (Å²) in [6.07, 6.45) is 0.993. The van der Waals surface area contributed by atoms with E-state index in [2.05, 4.69) is 0 Å². The van der Waals surface area contributed by atoms with Gasteiger partial charge in [0.15, 0.2) is 11.6 Å². The number of nitrogens with two attached hydrogens (primary N) is 1. The lowest BCUT2D eigenvalue weighted by Gasteiger charge is -2.37. The first-order valence-corrected chi connectivity index (χ1v) is 5.61. The second-order valence-electron chi connectivity index (χ2n) is 4.82. The van der Waals surface area contributed by atoms with Gasteiger partial charge in [-0.2, -0.15) is 0 Å². The minimum absolute atomic E-state index is 0.0466. The molecule has 0 atom stereocenters. The van der Waals surface area contributed by atoms with Gasteiger partial charge in [-0.15, -0.1) is 0 Å². The normalized spacial score (nSPS) is 19.4. The average molecular weight is 242 g/mol. The first kappa shape index (κ1) is 12.1. The number of hydrogen-bond acceptors (Lipinski definition) is 3. The fraction of sp³-hybridized carbons (Fsp3) is 0.500. The molecule has 5 heteroatoms. The van der Waals surface area contributed by atoms with E-state index >= 15 is 0 Å². The third-order valence-corrected chi connectivity index (χ3v) is 3.20. The van der Waals surface area contributed by atoms with Crippen LogP contribution in [0.2, 0.25) is 0 Å². The third kappa shape index (κ3) is 2.49. The first-order chi connectivity index (χ1) is 7.89. The lowest BCUT2D eigenvalue weighted by Crippen LogP contribution is -2.43. The molecule has 0 unspecified atom stereocenters. The van der Waals surface area contributed by atoms with Gasteiger partial charge in [0.05, 0.1) is 5.60 Å². The number of hydrogen-bond donors (Lipinski definition) is 2. The third-order valence-electron chi connectivity index (χ3n) is 3.20. The molecule has 0 spiro atoms. The summed E-state index contributed by atoms with van der Waals surface area (Å²) in [6, 6.07) is 2.23. The lowest BCUT2D eigenvalue weighted by molar-refractivity contribution is 0.0349. The fourth-order valence-corrected chi connectivity index (χ4v) is 2.10. The molecule has 94 valence electrons. The Morgan fingerprint density at radius 3 is 2.18 bits per heavy atom. The Morgan fingerprint density at radius 1 is 1.24 bits per heavy atom. The van der Waals surface area contributed by atoms with Crippen molar-refractivity contribution in [1.82, 2.24) is 0 Å². The van der Waals surface area contributed by atoms with E-state index in [9.17, 15) is 13.9 Å². The van der Waals surface area contributed by atoms with E-state index in [-0.39, 0.29) is 11.4 Å². The van der Waals surface area contributed by atoms with Crippen LogP contribution in [0.15, 0.2) is 12.1 Å². The quantitative estimate of drug-likeness (QED) is 0.739. The molecule has 0 aromatic heterocycles. The van der Waals surface area contributed by atoms with Crippen molar-refractivity contribution >= 4 is 11.4 Å². The zero-order valence-electron chi connectivity index (χ0n) is 9.71. The number of benzene rings is 1. The van der Waals surface area contributed by atoms with Gasteiger partial charge in [0.25, 0.3) is 0 Å². The Morgan fingerprint density at radius 2 is 1.71 bits per heavy atom. The minimum Gasteiger partial charge on any atom is -0.399 e. The molecule has 3 nitrogen and oxygen atoms in total. The topological polar surface area (TPSA) is 49.5 Å². The molecule has 0 aliphatic carbocycles. The van der Waals surface area contributed by atoms with E-state index in [0.717, 1.165) is 12.1 Å². The Labute approximate surface area is 98.8 Å². The van der Waals surface area contributed by atoms with E-state index in [0.29, 0.717) is 25.9 Å². The standard InChI is InChI=1S/C12H16F2N2O/c1-12(17)2-4-16(5-3-12)11-9(13)6-8(15)7-10(11)14/h6-7,17H,2-5,15H2,1H3. The number of rotatable bonds is 1. The molecule has 1 aromatic rings. The van der Waals surface area contributed by atoms with Gasteiger partial charge < -0.3 is 15.7 Å². The van der Waals surface area contributed by atoms with Crippen LogP contribution in [0, 0.1) is 11.6 Å². The van der Waals surface area contributed by atoms with Crippen LogP contribution in [0.3, 0.4) is 0 Å². The van der Waals surface area contributed by atoms with Crippen LogP contribution >= 0.6 is 0 Å². The van der Waals surface area contributed by atoms with Crippen LogP contribution < -0.4 is 10.6 Å². The molecule has 3 N–H and O–H groups in total. The van der Waals surface area contributed by atoms with E-state index in [1.165, 1.54) is 0 Å². The highest BCUT2D eigenvalue weighted by atomic mass is 19.1. The van der Waals surface area contributed by atoms with Crippen LogP contribution in [0.1, 0.15) is 19.8 Å². The minimum atomic E-state index is -0.739. The number of anilines is 2. The molecule has 0 bridgehead atoms. The van der Waals surface area contributed by atoms with Crippen LogP contribution in [0.4, 0.5) is 20.2 Å². The summed E-state index contributed by atoms with van der Waals surface area (Å²) in [7, 11) is 0. The molecule has 17 heavy (non-hydrogen) atoms. The summed E-state index contributed by atoms with van der Waals surface area (Å²) in [5.41, 5.74) is 4.65. The zero-order valence-corrected chi connectivity index (χ0v) is 9.71. The number of nitrogen functional groups attached to an aromatic ring is 1. The van der Waals surface area contributed by atoms with Gasteiger partial charge in [-0.05, 0) is 31.9 Å². The number of nitrogens with zero attached hydrogens (tertiary/aromatic N) is 1. The first-order valence-electron chi connectivity index (χ1n) is 5.61. The van der Waals surface area contributed by atoms with Crippen molar-refractivity contribution < 1.29 is 13.9 Å². The molecule has 0 saturated carbocycles. The smallest absolute Gasteiger partial charge is 0.151 e. The van der Waals surface area contributed by atoms with Crippen molar-refractivity contribution in [2.24, 2.45) is 0 Å². The van der Waals surface area contributed by atoms with Gasteiger partial charge in [-0.1, -0.05) is 0 Å². The maximum absolute atomic E-state index is 13.7. The molecule has 1 aliphatic rings. The van der Waals surface area contributed by atoms with Crippen molar-refractivity contribution in [3.8, 4) is 0 Å². The van der Waals surface area contributed by atoms with Gasteiger partial charge in [0.1, 0.15) is 5.69 Å².